The zero-order valence-electron chi connectivity index (χ0n) is 8.27. The van der Waals surface area contributed by atoms with Crippen molar-refractivity contribution < 1.29 is 9.53 Å². The third-order valence-corrected chi connectivity index (χ3v) is 3.15. The molecule has 0 bridgehead atoms. The van der Waals surface area contributed by atoms with Crippen LogP contribution in [0, 0.1) is 0 Å². The Morgan fingerprint density at radius 2 is 2.13 bits per heavy atom. The van der Waals surface area contributed by atoms with Crippen molar-refractivity contribution in [3.05, 3.63) is 53.1 Å². The Balaban J connectivity index is 2.27. The van der Waals surface area contributed by atoms with Gasteiger partial charge < -0.3 is 4.74 Å². The third-order valence-electron chi connectivity index (χ3n) is 2.04. The highest BCUT2D eigenvalue weighted by Crippen LogP contribution is 2.39. The van der Waals surface area contributed by atoms with Crippen molar-refractivity contribution in [2.75, 3.05) is 7.11 Å². The number of ether oxygens (including phenoxy) is 1. The van der Waals surface area contributed by atoms with Gasteiger partial charge >= 0.3 is 0 Å². The monoisotopic (exact) mass is 218 g/mol. The first-order valence-electron chi connectivity index (χ1n) is 4.54. The first-order valence-corrected chi connectivity index (χ1v) is 5.36. The number of methoxy groups -OCH3 is 1. The Morgan fingerprint density at radius 3 is 2.87 bits per heavy atom. The Labute approximate surface area is 92.6 Å². The molecule has 1 heterocycles. The number of ketones is 1. The molecule has 15 heavy (non-hydrogen) atoms. The van der Waals surface area contributed by atoms with Gasteiger partial charge in [0.15, 0.2) is 0 Å². The number of hydrogen-bond donors (Lipinski definition) is 0. The highest BCUT2D eigenvalue weighted by atomic mass is 32.2. The molecule has 0 amide bonds. The number of hydrogen-bond acceptors (Lipinski definition) is 3. The summed E-state index contributed by atoms with van der Waals surface area (Å²) in [7, 11) is 1.58. The largest absolute Gasteiger partial charge is 0.504 e. The van der Waals surface area contributed by atoms with Crippen LogP contribution in [0.3, 0.4) is 0 Å². The SMILES string of the molecule is CO/C=C/C=C1\Sc2ccccc2C1=O. The molecule has 3 heteroatoms. The molecule has 1 aromatic carbocycles. The fourth-order valence-electron chi connectivity index (χ4n) is 1.36. The maximum absolute atomic E-state index is 11.8. The van der Waals surface area contributed by atoms with Crippen molar-refractivity contribution in [1.29, 1.82) is 0 Å². The topological polar surface area (TPSA) is 26.3 Å². The molecule has 2 nitrogen and oxygen atoms in total. The number of benzene rings is 1. The van der Waals surface area contributed by atoms with Gasteiger partial charge in [-0.1, -0.05) is 23.9 Å². The molecule has 0 fully saturated rings. The fourth-order valence-corrected chi connectivity index (χ4v) is 2.36. The van der Waals surface area contributed by atoms with Crippen molar-refractivity contribution in [3.63, 3.8) is 0 Å². The van der Waals surface area contributed by atoms with Crippen LogP contribution in [-0.4, -0.2) is 12.9 Å². The molecule has 0 aromatic heterocycles. The summed E-state index contributed by atoms with van der Waals surface area (Å²) >= 11 is 1.50. The lowest BCUT2D eigenvalue weighted by Crippen LogP contribution is -1.92. The van der Waals surface area contributed by atoms with Gasteiger partial charge in [-0.3, -0.25) is 4.79 Å². The number of thioether (sulfide) groups is 1. The molecule has 0 aliphatic carbocycles. The summed E-state index contributed by atoms with van der Waals surface area (Å²) < 4.78 is 4.77. The predicted molar refractivity (Wildman–Crippen MR) is 60.9 cm³/mol. The first-order chi connectivity index (χ1) is 7.33. The summed E-state index contributed by atoms with van der Waals surface area (Å²) in [5.74, 6) is 0.0938. The Bertz CT molecular complexity index is 447. The molecule has 0 saturated carbocycles. The average molecular weight is 218 g/mol. The van der Waals surface area contributed by atoms with Crippen LogP contribution in [0.25, 0.3) is 0 Å². The van der Waals surface area contributed by atoms with Gasteiger partial charge in [-0.05, 0) is 24.3 Å². The van der Waals surface area contributed by atoms with Crippen LogP contribution >= 0.6 is 11.8 Å². The lowest BCUT2D eigenvalue weighted by Gasteiger charge is -1.90. The van der Waals surface area contributed by atoms with Crippen LogP contribution in [0.4, 0.5) is 0 Å². The molecule has 1 aliphatic heterocycles. The van der Waals surface area contributed by atoms with Gasteiger partial charge in [0.25, 0.3) is 0 Å². The number of carbonyl (C=O) groups excluding carboxylic acids is 1. The molecule has 0 atom stereocenters. The zero-order valence-corrected chi connectivity index (χ0v) is 9.08. The quantitative estimate of drug-likeness (QED) is 0.564. The molecular weight excluding hydrogens is 208 g/mol. The Kier molecular flexibility index (Phi) is 2.92. The van der Waals surface area contributed by atoms with Crippen molar-refractivity contribution in [1.82, 2.24) is 0 Å². The first kappa shape index (κ1) is 10.1. The maximum Gasteiger partial charge on any atom is 0.200 e. The summed E-state index contributed by atoms with van der Waals surface area (Å²) in [6.45, 7) is 0. The van der Waals surface area contributed by atoms with E-state index in [0.717, 1.165) is 15.4 Å². The summed E-state index contributed by atoms with van der Waals surface area (Å²) in [4.78, 5) is 13.6. The van der Waals surface area contributed by atoms with E-state index in [2.05, 4.69) is 0 Å². The highest BCUT2D eigenvalue weighted by Gasteiger charge is 2.24. The Morgan fingerprint density at radius 1 is 1.33 bits per heavy atom. The summed E-state index contributed by atoms with van der Waals surface area (Å²) in [5, 5.41) is 0. The lowest BCUT2D eigenvalue weighted by molar-refractivity contribution is 0.104. The van der Waals surface area contributed by atoms with E-state index < -0.39 is 0 Å². The van der Waals surface area contributed by atoms with Crippen LogP contribution in [0.5, 0.6) is 0 Å². The van der Waals surface area contributed by atoms with Crippen molar-refractivity contribution in [3.8, 4) is 0 Å². The van der Waals surface area contributed by atoms with Crippen LogP contribution in [-0.2, 0) is 4.74 Å². The van der Waals surface area contributed by atoms with E-state index in [-0.39, 0.29) is 5.78 Å². The fraction of sp³-hybridized carbons (Fsp3) is 0.0833. The van der Waals surface area contributed by atoms with E-state index in [1.54, 1.807) is 25.5 Å². The lowest BCUT2D eigenvalue weighted by atomic mass is 10.1. The number of carbonyl (C=O) groups is 1. The molecule has 0 N–H and O–H groups in total. The standard InChI is InChI=1S/C12H10O2S/c1-14-8-4-7-11-12(13)9-5-2-3-6-10(9)15-11/h2-8H,1H3/b8-4+,11-7-. The second-order valence-electron chi connectivity index (χ2n) is 3.02. The zero-order chi connectivity index (χ0) is 10.7. The molecule has 0 radical (unpaired) electrons. The third kappa shape index (κ3) is 1.97. The van der Waals surface area contributed by atoms with E-state index in [1.165, 1.54) is 11.8 Å². The molecule has 1 aromatic rings. The van der Waals surface area contributed by atoms with Crippen molar-refractivity contribution >= 4 is 17.5 Å². The van der Waals surface area contributed by atoms with E-state index in [9.17, 15) is 4.79 Å². The van der Waals surface area contributed by atoms with Crippen molar-refractivity contribution in [2.24, 2.45) is 0 Å². The minimum Gasteiger partial charge on any atom is -0.504 e. The van der Waals surface area contributed by atoms with Gasteiger partial charge in [0.1, 0.15) is 0 Å². The predicted octanol–water partition coefficient (Wildman–Crippen LogP) is 3.02. The Hall–Kier alpha value is -1.48. The number of Topliss-reactive ketones (excluding diaryl/α,β-unsaturated/α-hetero) is 1. The smallest absolute Gasteiger partial charge is 0.200 e. The number of rotatable bonds is 2. The van der Waals surface area contributed by atoms with E-state index >= 15 is 0 Å². The minimum atomic E-state index is 0.0938. The van der Waals surface area contributed by atoms with Crippen LogP contribution in [0.1, 0.15) is 10.4 Å². The van der Waals surface area contributed by atoms with Crippen LogP contribution < -0.4 is 0 Å². The summed E-state index contributed by atoms with van der Waals surface area (Å²) in [6, 6.07) is 7.63. The minimum absolute atomic E-state index is 0.0938. The number of fused-ring (bicyclic) bond motifs is 1. The number of allylic oxidation sites excluding steroid dienone is 3. The van der Waals surface area contributed by atoms with Crippen molar-refractivity contribution in [2.45, 2.75) is 4.90 Å². The highest BCUT2D eigenvalue weighted by molar-refractivity contribution is 8.04. The van der Waals surface area contributed by atoms with E-state index in [0.29, 0.717) is 0 Å². The molecule has 1 aliphatic rings. The van der Waals surface area contributed by atoms with Gasteiger partial charge in [-0.2, -0.15) is 0 Å². The molecule has 2 rings (SSSR count). The van der Waals surface area contributed by atoms with Gasteiger partial charge in [-0.15, -0.1) is 0 Å². The van der Waals surface area contributed by atoms with E-state index in [4.69, 9.17) is 4.74 Å². The maximum atomic E-state index is 11.8. The second-order valence-corrected chi connectivity index (χ2v) is 4.11. The van der Waals surface area contributed by atoms with E-state index in [1.807, 2.05) is 24.3 Å². The molecule has 0 saturated heterocycles. The van der Waals surface area contributed by atoms with Gasteiger partial charge in [0.05, 0.1) is 18.3 Å². The van der Waals surface area contributed by atoms with Crippen LogP contribution in [0.2, 0.25) is 0 Å². The average Bonchev–Trinajstić information content (AvgIpc) is 2.57. The van der Waals surface area contributed by atoms with Gasteiger partial charge in [-0.25, -0.2) is 0 Å². The molecule has 76 valence electrons. The van der Waals surface area contributed by atoms with Gasteiger partial charge in [0, 0.05) is 10.5 Å². The second kappa shape index (κ2) is 4.36. The molecular formula is C12H10O2S. The summed E-state index contributed by atoms with van der Waals surface area (Å²) in [6.07, 6.45) is 5.05. The molecule has 0 unspecified atom stereocenters. The van der Waals surface area contributed by atoms with Crippen LogP contribution in [0.15, 0.2) is 52.5 Å². The normalized spacial score (nSPS) is 17.4. The molecule has 0 spiro atoms. The summed E-state index contributed by atoms with van der Waals surface area (Å²) in [5.41, 5.74) is 0.791. The van der Waals surface area contributed by atoms with Gasteiger partial charge in [0.2, 0.25) is 5.78 Å².